The maximum absolute atomic E-state index is 13.0. The molecule has 0 unspecified atom stereocenters. The molecule has 0 saturated carbocycles. The van der Waals surface area contributed by atoms with Crippen molar-refractivity contribution in [2.75, 3.05) is 17.2 Å². The number of carbonyl (C=O) groups excluding carboxylic acids is 2. The molecule has 0 aliphatic carbocycles. The van der Waals surface area contributed by atoms with Crippen molar-refractivity contribution in [1.29, 1.82) is 0 Å². The summed E-state index contributed by atoms with van der Waals surface area (Å²) in [6.07, 6.45) is -0.475. The van der Waals surface area contributed by atoms with Crippen LogP contribution in [0.5, 0.6) is 0 Å². The molecule has 146 valence electrons. The number of pyridine rings is 1. The second-order valence-corrected chi connectivity index (χ2v) is 9.04. The van der Waals surface area contributed by atoms with Crippen LogP contribution in [-0.4, -0.2) is 35.2 Å². The summed E-state index contributed by atoms with van der Waals surface area (Å²) in [5, 5.41) is 4.62. The van der Waals surface area contributed by atoms with E-state index in [1.807, 2.05) is 45.9 Å². The van der Waals surface area contributed by atoms with E-state index < -0.39 is 11.7 Å². The molecule has 8 heteroatoms. The van der Waals surface area contributed by atoms with Gasteiger partial charge in [-0.05, 0) is 52.0 Å². The molecule has 0 radical (unpaired) electrons. The highest BCUT2D eigenvalue weighted by atomic mass is 32.1. The van der Waals surface area contributed by atoms with Crippen LogP contribution in [0.25, 0.3) is 21.0 Å². The van der Waals surface area contributed by atoms with Crippen LogP contribution in [0.15, 0.2) is 24.3 Å². The topological polar surface area (TPSA) is 97.6 Å². The molecule has 4 rings (SSSR count). The number of nitrogen functional groups attached to an aromatic ring is 1. The van der Waals surface area contributed by atoms with Crippen molar-refractivity contribution < 1.29 is 14.3 Å². The Morgan fingerprint density at radius 3 is 2.79 bits per heavy atom. The largest absolute Gasteiger partial charge is 0.443 e. The zero-order chi connectivity index (χ0) is 20.2. The molecule has 0 bridgehead atoms. The van der Waals surface area contributed by atoms with Gasteiger partial charge in [0, 0.05) is 28.1 Å². The Kier molecular flexibility index (Phi) is 4.19. The van der Waals surface area contributed by atoms with E-state index in [-0.39, 0.29) is 11.9 Å². The lowest BCUT2D eigenvalue weighted by Crippen LogP contribution is -2.43. The first kappa shape index (κ1) is 18.5. The summed E-state index contributed by atoms with van der Waals surface area (Å²) in [5.74, 6) is 0.231. The average molecular weight is 398 g/mol. The molecule has 3 N–H and O–H groups in total. The molecule has 1 atom stereocenters. The second-order valence-electron chi connectivity index (χ2n) is 7.99. The summed E-state index contributed by atoms with van der Waals surface area (Å²) in [6, 6.07) is 7.18. The minimum atomic E-state index is -0.645. The van der Waals surface area contributed by atoms with E-state index in [9.17, 15) is 9.59 Å². The predicted octanol–water partition coefficient (Wildman–Crippen LogP) is 3.91. The smallest absolute Gasteiger partial charge is 0.414 e. The van der Waals surface area contributed by atoms with Gasteiger partial charge in [0.25, 0.3) is 5.91 Å². The highest BCUT2D eigenvalue weighted by Crippen LogP contribution is 2.43. The summed E-state index contributed by atoms with van der Waals surface area (Å²) in [7, 11) is 0. The number of hydrogen-bond acceptors (Lipinski definition) is 6. The van der Waals surface area contributed by atoms with Gasteiger partial charge in [0.2, 0.25) is 0 Å². The maximum Gasteiger partial charge on any atom is 0.414 e. The molecule has 3 heterocycles. The van der Waals surface area contributed by atoms with Gasteiger partial charge in [0.05, 0.1) is 11.2 Å². The van der Waals surface area contributed by atoms with Crippen molar-refractivity contribution in [2.45, 2.75) is 39.3 Å². The average Bonchev–Trinajstić information content (AvgIpc) is 2.92. The Bertz CT molecular complexity index is 1120. The zero-order valence-electron chi connectivity index (χ0n) is 16.2. The molecule has 0 spiro atoms. The summed E-state index contributed by atoms with van der Waals surface area (Å²) in [6.45, 7) is 7.66. The van der Waals surface area contributed by atoms with E-state index in [2.05, 4.69) is 10.3 Å². The van der Waals surface area contributed by atoms with Gasteiger partial charge in [-0.25, -0.2) is 9.78 Å². The lowest BCUT2D eigenvalue weighted by molar-refractivity contribution is 0.0578. The molecule has 0 saturated heterocycles. The Morgan fingerprint density at radius 2 is 2.07 bits per heavy atom. The SMILES string of the molecule is C[C@@H]1CN(C(=O)OC(C)(C)C)c2c(sc3ccc4nc(N)ccc4c23)C(=O)N1. The number of rotatable bonds is 0. The van der Waals surface area contributed by atoms with Gasteiger partial charge in [-0.15, -0.1) is 11.3 Å². The quantitative estimate of drug-likeness (QED) is 0.598. The third-order valence-electron chi connectivity index (χ3n) is 4.44. The summed E-state index contributed by atoms with van der Waals surface area (Å²) in [5.41, 5.74) is 6.48. The van der Waals surface area contributed by atoms with E-state index in [0.29, 0.717) is 22.9 Å². The van der Waals surface area contributed by atoms with Gasteiger partial charge in [0.15, 0.2) is 0 Å². The Hall–Kier alpha value is -2.87. The first-order valence-corrected chi connectivity index (χ1v) is 9.89. The van der Waals surface area contributed by atoms with E-state index in [4.69, 9.17) is 10.5 Å². The number of nitrogens with one attached hydrogen (secondary N) is 1. The van der Waals surface area contributed by atoms with Crippen molar-refractivity contribution in [3.63, 3.8) is 0 Å². The number of ether oxygens (including phenoxy) is 1. The van der Waals surface area contributed by atoms with Crippen LogP contribution in [0.1, 0.15) is 37.4 Å². The fraction of sp³-hybridized carbons (Fsp3) is 0.350. The molecule has 2 aromatic heterocycles. The zero-order valence-corrected chi connectivity index (χ0v) is 17.0. The minimum Gasteiger partial charge on any atom is -0.443 e. The normalized spacial score (nSPS) is 17.4. The van der Waals surface area contributed by atoms with E-state index in [1.165, 1.54) is 11.3 Å². The van der Waals surface area contributed by atoms with Crippen molar-refractivity contribution >= 4 is 55.8 Å². The number of anilines is 2. The Labute approximate surface area is 166 Å². The number of aromatic nitrogens is 1. The number of benzene rings is 1. The standard InChI is InChI=1S/C20H22N4O3S/c1-10-9-24(19(26)27-20(2,3)4)16-15-11-5-8-14(21)23-12(11)6-7-13(15)28-17(16)18(25)22-10/h5-8,10H,9H2,1-4H3,(H2,21,23)(H,22,25)/t10-/m1/s1. The molecule has 2 amide bonds. The number of amides is 2. The van der Waals surface area contributed by atoms with Crippen LogP contribution >= 0.6 is 11.3 Å². The Morgan fingerprint density at radius 1 is 1.32 bits per heavy atom. The summed E-state index contributed by atoms with van der Waals surface area (Å²) >= 11 is 1.36. The fourth-order valence-electron chi connectivity index (χ4n) is 3.40. The lowest BCUT2D eigenvalue weighted by atomic mass is 10.1. The third kappa shape index (κ3) is 3.13. The number of fused-ring (bicyclic) bond motifs is 5. The van der Waals surface area contributed by atoms with Crippen LogP contribution < -0.4 is 16.0 Å². The van der Waals surface area contributed by atoms with E-state index in [0.717, 1.165) is 21.0 Å². The number of nitrogens with zero attached hydrogens (tertiary/aromatic N) is 2. The van der Waals surface area contributed by atoms with Gasteiger partial charge in [0.1, 0.15) is 16.3 Å². The van der Waals surface area contributed by atoms with Gasteiger partial charge in [-0.2, -0.15) is 0 Å². The van der Waals surface area contributed by atoms with Crippen LogP contribution in [0, 0.1) is 0 Å². The van der Waals surface area contributed by atoms with Crippen molar-refractivity contribution in [2.24, 2.45) is 0 Å². The van der Waals surface area contributed by atoms with Crippen LogP contribution in [0.4, 0.5) is 16.3 Å². The van der Waals surface area contributed by atoms with E-state index in [1.54, 1.807) is 11.0 Å². The first-order valence-electron chi connectivity index (χ1n) is 9.07. The van der Waals surface area contributed by atoms with Crippen LogP contribution in [-0.2, 0) is 4.74 Å². The molecular weight excluding hydrogens is 376 g/mol. The number of thiophene rings is 1. The molecular formula is C20H22N4O3S. The van der Waals surface area contributed by atoms with Gasteiger partial charge >= 0.3 is 6.09 Å². The molecule has 1 aliphatic heterocycles. The Balaban J connectivity index is 2.01. The minimum absolute atomic E-state index is 0.189. The summed E-state index contributed by atoms with van der Waals surface area (Å²) < 4.78 is 6.54. The highest BCUT2D eigenvalue weighted by Gasteiger charge is 2.35. The molecule has 1 aliphatic rings. The molecule has 7 nitrogen and oxygen atoms in total. The van der Waals surface area contributed by atoms with Crippen LogP contribution in [0.2, 0.25) is 0 Å². The first-order chi connectivity index (χ1) is 13.1. The highest BCUT2D eigenvalue weighted by molar-refractivity contribution is 7.21. The van der Waals surface area contributed by atoms with E-state index >= 15 is 0 Å². The lowest BCUT2D eigenvalue weighted by Gasteiger charge is -2.28. The monoisotopic (exact) mass is 398 g/mol. The third-order valence-corrected chi connectivity index (χ3v) is 5.59. The second kappa shape index (κ2) is 6.34. The molecule has 28 heavy (non-hydrogen) atoms. The van der Waals surface area contributed by atoms with Gasteiger partial charge < -0.3 is 15.8 Å². The fourth-order valence-corrected chi connectivity index (χ4v) is 4.52. The van der Waals surface area contributed by atoms with Crippen LogP contribution in [0.3, 0.4) is 0 Å². The van der Waals surface area contributed by atoms with Crippen molar-refractivity contribution in [3.05, 3.63) is 29.1 Å². The number of hydrogen-bond donors (Lipinski definition) is 2. The van der Waals surface area contributed by atoms with Gasteiger partial charge in [-0.1, -0.05) is 0 Å². The summed E-state index contributed by atoms with van der Waals surface area (Å²) in [4.78, 5) is 32.3. The predicted molar refractivity (Wildman–Crippen MR) is 112 cm³/mol. The maximum atomic E-state index is 13.0. The van der Waals surface area contributed by atoms with Crippen molar-refractivity contribution in [3.8, 4) is 0 Å². The van der Waals surface area contributed by atoms with Gasteiger partial charge in [-0.3, -0.25) is 9.69 Å². The number of nitrogens with two attached hydrogens (primary N) is 1. The van der Waals surface area contributed by atoms with Crippen molar-refractivity contribution in [1.82, 2.24) is 10.3 Å². The molecule has 1 aromatic carbocycles. The number of carbonyl (C=O) groups is 2. The molecule has 3 aromatic rings. The molecule has 0 fully saturated rings.